The van der Waals surface area contributed by atoms with E-state index >= 15 is 0 Å². The fourth-order valence-corrected chi connectivity index (χ4v) is 3.12. The summed E-state index contributed by atoms with van der Waals surface area (Å²) in [7, 11) is 0. The van der Waals surface area contributed by atoms with Crippen LogP contribution in [0.5, 0.6) is 5.75 Å². The molecule has 0 fully saturated rings. The van der Waals surface area contributed by atoms with Crippen LogP contribution in [-0.4, -0.2) is 5.11 Å². The second-order valence-electron chi connectivity index (χ2n) is 5.33. The van der Waals surface area contributed by atoms with E-state index in [1.54, 1.807) is 0 Å². The van der Waals surface area contributed by atoms with Crippen LogP contribution in [0.3, 0.4) is 0 Å². The number of hydrogen-bond donors (Lipinski definition) is 1. The largest absolute Gasteiger partial charge is 0.508 e. The number of aryl methyl sites for hydroxylation is 1. The molecular formula is C20H20O. The van der Waals surface area contributed by atoms with E-state index in [9.17, 15) is 5.11 Å². The molecule has 3 rings (SSSR count). The standard InChI is InChI=1S/C20H20O/c1-3-14-12-13-19(21)16(4-2)20(14)18-11-7-9-15-8-5-6-10-17(15)18/h5-13,21H,3-4H2,1-2H3. The molecule has 3 aromatic rings. The van der Waals surface area contributed by atoms with Crippen LogP contribution in [0, 0.1) is 0 Å². The normalized spacial score (nSPS) is 11.0. The Morgan fingerprint density at radius 3 is 2.33 bits per heavy atom. The second-order valence-corrected chi connectivity index (χ2v) is 5.33. The van der Waals surface area contributed by atoms with Crippen molar-refractivity contribution in [2.24, 2.45) is 0 Å². The lowest BCUT2D eigenvalue weighted by Gasteiger charge is -2.17. The molecule has 106 valence electrons. The van der Waals surface area contributed by atoms with Crippen LogP contribution in [0.1, 0.15) is 25.0 Å². The number of phenolic OH excluding ortho intramolecular Hbond substituents is 1. The highest BCUT2D eigenvalue weighted by Gasteiger charge is 2.14. The lowest BCUT2D eigenvalue weighted by atomic mass is 9.88. The predicted molar refractivity (Wildman–Crippen MR) is 89.8 cm³/mol. The van der Waals surface area contributed by atoms with Crippen molar-refractivity contribution in [1.29, 1.82) is 0 Å². The van der Waals surface area contributed by atoms with E-state index in [2.05, 4.69) is 56.3 Å². The summed E-state index contributed by atoms with van der Waals surface area (Å²) in [6.07, 6.45) is 1.80. The Labute approximate surface area is 125 Å². The van der Waals surface area contributed by atoms with Crippen LogP contribution < -0.4 is 0 Å². The number of benzene rings is 3. The molecule has 0 aliphatic heterocycles. The minimum absolute atomic E-state index is 0.401. The summed E-state index contributed by atoms with van der Waals surface area (Å²) in [4.78, 5) is 0. The lowest BCUT2D eigenvalue weighted by Crippen LogP contribution is -1.96. The third-order valence-corrected chi connectivity index (χ3v) is 4.17. The van der Waals surface area contributed by atoms with Gasteiger partial charge in [-0.15, -0.1) is 0 Å². The maximum Gasteiger partial charge on any atom is 0.119 e. The van der Waals surface area contributed by atoms with Crippen molar-refractivity contribution >= 4 is 10.8 Å². The number of phenols is 1. The van der Waals surface area contributed by atoms with E-state index in [1.165, 1.54) is 27.5 Å². The Hall–Kier alpha value is -2.28. The van der Waals surface area contributed by atoms with Crippen molar-refractivity contribution < 1.29 is 5.11 Å². The molecule has 0 radical (unpaired) electrons. The Morgan fingerprint density at radius 1 is 0.810 bits per heavy atom. The molecule has 0 aliphatic rings. The zero-order chi connectivity index (χ0) is 14.8. The van der Waals surface area contributed by atoms with Gasteiger partial charge in [0.15, 0.2) is 0 Å². The van der Waals surface area contributed by atoms with Crippen molar-refractivity contribution in [2.75, 3.05) is 0 Å². The van der Waals surface area contributed by atoms with Crippen molar-refractivity contribution in [3.05, 3.63) is 65.7 Å². The number of rotatable bonds is 3. The minimum atomic E-state index is 0.401. The molecule has 0 unspecified atom stereocenters. The van der Waals surface area contributed by atoms with Gasteiger partial charge in [-0.2, -0.15) is 0 Å². The maximum absolute atomic E-state index is 10.2. The summed E-state index contributed by atoms with van der Waals surface area (Å²) in [5.74, 6) is 0.401. The molecule has 0 amide bonds. The van der Waals surface area contributed by atoms with Crippen LogP contribution in [0.2, 0.25) is 0 Å². The highest BCUT2D eigenvalue weighted by atomic mass is 16.3. The molecular weight excluding hydrogens is 256 g/mol. The average Bonchev–Trinajstić information content (AvgIpc) is 2.54. The molecule has 21 heavy (non-hydrogen) atoms. The molecule has 0 saturated heterocycles. The van der Waals surface area contributed by atoms with Crippen LogP contribution in [0.15, 0.2) is 54.6 Å². The summed E-state index contributed by atoms with van der Waals surface area (Å²) >= 11 is 0. The van der Waals surface area contributed by atoms with Crippen LogP contribution in [0.4, 0.5) is 0 Å². The number of aromatic hydroxyl groups is 1. The van der Waals surface area contributed by atoms with Gasteiger partial charge < -0.3 is 5.11 Å². The third-order valence-electron chi connectivity index (χ3n) is 4.17. The molecule has 0 aliphatic carbocycles. The summed E-state index contributed by atoms with van der Waals surface area (Å²) in [6.45, 7) is 4.27. The first-order chi connectivity index (χ1) is 10.3. The van der Waals surface area contributed by atoms with Crippen molar-refractivity contribution in [1.82, 2.24) is 0 Å². The first-order valence-corrected chi connectivity index (χ1v) is 7.58. The first kappa shape index (κ1) is 13.7. The fraction of sp³-hybridized carbons (Fsp3) is 0.200. The van der Waals surface area contributed by atoms with Gasteiger partial charge in [-0.1, -0.05) is 62.4 Å². The topological polar surface area (TPSA) is 20.2 Å². The molecule has 0 aromatic heterocycles. The maximum atomic E-state index is 10.2. The van der Waals surface area contributed by atoms with E-state index in [0.29, 0.717) is 5.75 Å². The number of hydrogen-bond acceptors (Lipinski definition) is 1. The average molecular weight is 276 g/mol. The summed E-state index contributed by atoms with van der Waals surface area (Å²) in [5, 5.41) is 12.7. The van der Waals surface area contributed by atoms with Gasteiger partial charge in [0.1, 0.15) is 5.75 Å². The second kappa shape index (κ2) is 5.61. The molecule has 1 nitrogen and oxygen atoms in total. The first-order valence-electron chi connectivity index (χ1n) is 7.58. The smallest absolute Gasteiger partial charge is 0.119 e. The summed E-state index contributed by atoms with van der Waals surface area (Å²) in [6, 6.07) is 18.7. The Balaban J connectivity index is 2.40. The zero-order valence-corrected chi connectivity index (χ0v) is 12.6. The molecule has 1 heteroatoms. The van der Waals surface area contributed by atoms with E-state index < -0.39 is 0 Å². The molecule has 3 aromatic carbocycles. The van der Waals surface area contributed by atoms with Gasteiger partial charge in [0.25, 0.3) is 0 Å². The molecule has 0 heterocycles. The monoisotopic (exact) mass is 276 g/mol. The highest BCUT2D eigenvalue weighted by molar-refractivity contribution is 5.98. The van der Waals surface area contributed by atoms with Gasteiger partial charge in [-0.05, 0) is 46.4 Å². The van der Waals surface area contributed by atoms with E-state index in [-0.39, 0.29) is 0 Å². The van der Waals surface area contributed by atoms with Gasteiger partial charge in [-0.3, -0.25) is 0 Å². The number of fused-ring (bicyclic) bond motifs is 1. The van der Waals surface area contributed by atoms with Crippen molar-refractivity contribution in [3.63, 3.8) is 0 Å². The van der Waals surface area contributed by atoms with Gasteiger partial charge in [-0.25, -0.2) is 0 Å². The minimum Gasteiger partial charge on any atom is -0.508 e. The molecule has 0 saturated carbocycles. The van der Waals surface area contributed by atoms with E-state index in [0.717, 1.165) is 18.4 Å². The predicted octanol–water partition coefficient (Wildman–Crippen LogP) is 5.34. The SMILES string of the molecule is CCc1ccc(O)c(CC)c1-c1cccc2ccccc12. The molecule has 0 atom stereocenters. The van der Waals surface area contributed by atoms with E-state index in [4.69, 9.17) is 0 Å². The Kier molecular flexibility index (Phi) is 3.66. The molecule has 0 bridgehead atoms. The van der Waals surface area contributed by atoms with Gasteiger partial charge in [0, 0.05) is 5.56 Å². The molecule has 0 spiro atoms. The third kappa shape index (κ3) is 2.29. The Bertz CT molecular complexity index is 782. The van der Waals surface area contributed by atoms with Gasteiger partial charge >= 0.3 is 0 Å². The van der Waals surface area contributed by atoms with E-state index in [1.807, 2.05) is 12.1 Å². The van der Waals surface area contributed by atoms with Crippen molar-refractivity contribution in [2.45, 2.75) is 26.7 Å². The highest BCUT2D eigenvalue weighted by Crippen LogP contribution is 2.37. The summed E-state index contributed by atoms with van der Waals surface area (Å²) < 4.78 is 0. The van der Waals surface area contributed by atoms with Crippen LogP contribution in [-0.2, 0) is 12.8 Å². The zero-order valence-electron chi connectivity index (χ0n) is 12.6. The van der Waals surface area contributed by atoms with Crippen molar-refractivity contribution in [3.8, 4) is 16.9 Å². The van der Waals surface area contributed by atoms with Gasteiger partial charge in [0.2, 0.25) is 0 Å². The van der Waals surface area contributed by atoms with Crippen LogP contribution in [0.25, 0.3) is 21.9 Å². The molecule has 1 N–H and O–H groups in total. The Morgan fingerprint density at radius 2 is 1.57 bits per heavy atom. The van der Waals surface area contributed by atoms with Gasteiger partial charge in [0.05, 0.1) is 0 Å². The van der Waals surface area contributed by atoms with Crippen LogP contribution >= 0.6 is 0 Å². The lowest BCUT2D eigenvalue weighted by molar-refractivity contribution is 0.469. The quantitative estimate of drug-likeness (QED) is 0.685. The summed E-state index contributed by atoms with van der Waals surface area (Å²) in [5.41, 5.74) is 4.77. The fourth-order valence-electron chi connectivity index (χ4n) is 3.12.